The Morgan fingerprint density at radius 1 is 1.08 bits per heavy atom. The van der Waals surface area contributed by atoms with Crippen LogP contribution in [0.4, 0.5) is 10.1 Å². The third kappa shape index (κ3) is 4.69. The smallest absolute Gasteiger partial charge is 0.339 e. The van der Waals surface area contributed by atoms with Crippen LogP contribution in [-0.2, 0) is 9.53 Å². The fourth-order valence-electron chi connectivity index (χ4n) is 2.04. The quantitative estimate of drug-likeness (QED) is 0.813. The number of amides is 1. The van der Waals surface area contributed by atoms with Crippen molar-refractivity contribution in [1.29, 1.82) is 0 Å². The Bertz CT molecular complexity index is 778. The lowest BCUT2D eigenvalue weighted by molar-refractivity contribution is -0.123. The van der Waals surface area contributed by atoms with Gasteiger partial charge >= 0.3 is 5.97 Å². The minimum Gasteiger partial charge on any atom is -0.497 e. The van der Waals surface area contributed by atoms with E-state index in [0.29, 0.717) is 17.2 Å². The summed E-state index contributed by atoms with van der Waals surface area (Å²) in [5, 5.41) is 2.61. The second kappa shape index (κ2) is 8.14. The Morgan fingerprint density at radius 2 is 1.84 bits per heavy atom. The average molecular weight is 347 g/mol. The highest BCUT2D eigenvalue weighted by atomic mass is 19.1. The zero-order chi connectivity index (χ0) is 18.4. The van der Waals surface area contributed by atoms with E-state index in [0.717, 1.165) is 6.07 Å². The Kier molecular flexibility index (Phi) is 5.94. The van der Waals surface area contributed by atoms with Crippen LogP contribution in [0.5, 0.6) is 11.5 Å². The van der Waals surface area contributed by atoms with E-state index in [9.17, 15) is 14.0 Å². The molecule has 0 aliphatic carbocycles. The van der Waals surface area contributed by atoms with E-state index in [1.807, 2.05) is 0 Å². The van der Waals surface area contributed by atoms with Crippen LogP contribution in [-0.4, -0.2) is 32.2 Å². The van der Waals surface area contributed by atoms with E-state index in [1.165, 1.54) is 39.3 Å². The molecule has 25 heavy (non-hydrogen) atoms. The summed E-state index contributed by atoms with van der Waals surface area (Å²) in [6.45, 7) is 1.42. The molecule has 2 aromatic carbocycles. The maximum absolute atomic E-state index is 13.2. The Morgan fingerprint density at radius 3 is 2.48 bits per heavy atom. The van der Waals surface area contributed by atoms with E-state index < -0.39 is 23.8 Å². The summed E-state index contributed by atoms with van der Waals surface area (Å²) in [6, 6.07) is 9.94. The number of hydrogen-bond donors (Lipinski definition) is 1. The van der Waals surface area contributed by atoms with E-state index in [2.05, 4.69) is 5.32 Å². The van der Waals surface area contributed by atoms with Crippen LogP contribution >= 0.6 is 0 Å². The van der Waals surface area contributed by atoms with Gasteiger partial charge in [0, 0.05) is 6.07 Å². The number of carbonyl (C=O) groups is 2. The molecule has 132 valence electrons. The first-order valence-corrected chi connectivity index (χ1v) is 7.44. The summed E-state index contributed by atoms with van der Waals surface area (Å²) < 4.78 is 28.5. The predicted octanol–water partition coefficient (Wildman–Crippen LogP) is 3.03. The summed E-state index contributed by atoms with van der Waals surface area (Å²) in [7, 11) is 2.96. The van der Waals surface area contributed by atoms with Crippen molar-refractivity contribution < 1.29 is 28.2 Å². The number of rotatable bonds is 6. The third-order valence-corrected chi connectivity index (χ3v) is 3.38. The van der Waals surface area contributed by atoms with Crippen LogP contribution < -0.4 is 14.8 Å². The average Bonchev–Trinajstić information content (AvgIpc) is 2.61. The van der Waals surface area contributed by atoms with Crippen LogP contribution in [0.15, 0.2) is 42.5 Å². The SMILES string of the molecule is COc1ccc(OC)c(NC(=O)C(C)OC(=O)c2cccc(F)c2)c1. The number of halogens is 1. The zero-order valence-corrected chi connectivity index (χ0v) is 14.0. The molecule has 1 amide bonds. The molecule has 0 aromatic heterocycles. The highest BCUT2D eigenvalue weighted by Crippen LogP contribution is 2.29. The predicted molar refractivity (Wildman–Crippen MR) is 89.5 cm³/mol. The number of anilines is 1. The Balaban J connectivity index is 2.06. The fraction of sp³-hybridized carbons (Fsp3) is 0.222. The number of methoxy groups -OCH3 is 2. The highest BCUT2D eigenvalue weighted by Gasteiger charge is 2.20. The van der Waals surface area contributed by atoms with Gasteiger partial charge in [-0.15, -0.1) is 0 Å². The van der Waals surface area contributed by atoms with Gasteiger partial charge in [-0.05, 0) is 37.3 Å². The molecule has 1 unspecified atom stereocenters. The van der Waals surface area contributed by atoms with Crippen LogP contribution in [0.3, 0.4) is 0 Å². The summed E-state index contributed by atoms with van der Waals surface area (Å²) in [5.41, 5.74) is 0.402. The van der Waals surface area contributed by atoms with E-state index in [-0.39, 0.29) is 5.56 Å². The van der Waals surface area contributed by atoms with Gasteiger partial charge in [0.25, 0.3) is 5.91 Å². The summed E-state index contributed by atoms with van der Waals surface area (Å²) in [4.78, 5) is 24.2. The fourth-order valence-corrected chi connectivity index (χ4v) is 2.04. The minimum absolute atomic E-state index is 0.0265. The molecule has 2 aromatic rings. The van der Waals surface area contributed by atoms with E-state index in [1.54, 1.807) is 18.2 Å². The standard InChI is InChI=1S/C18H18FNO5/c1-11(25-18(22)12-5-4-6-13(19)9-12)17(21)20-15-10-14(23-2)7-8-16(15)24-3/h4-11H,1-3H3,(H,20,21). The van der Waals surface area contributed by atoms with Gasteiger partial charge in [-0.25, -0.2) is 9.18 Å². The van der Waals surface area contributed by atoms with Gasteiger partial charge in [0.05, 0.1) is 25.5 Å². The molecule has 0 aliphatic rings. The molecular formula is C18H18FNO5. The zero-order valence-electron chi connectivity index (χ0n) is 14.0. The lowest BCUT2D eigenvalue weighted by atomic mass is 10.2. The Labute approximate surface area is 144 Å². The van der Waals surface area contributed by atoms with Crippen LogP contribution in [0.25, 0.3) is 0 Å². The number of esters is 1. The van der Waals surface area contributed by atoms with Crippen molar-refractivity contribution in [3.8, 4) is 11.5 Å². The van der Waals surface area contributed by atoms with Crippen molar-refractivity contribution in [1.82, 2.24) is 0 Å². The first-order chi connectivity index (χ1) is 11.9. The first-order valence-electron chi connectivity index (χ1n) is 7.44. The molecule has 0 spiro atoms. The number of hydrogen-bond acceptors (Lipinski definition) is 5. The van der Waals surface area contributed by atoms with Gasteiger partial charge < -0.3 is 19.5 Å². The van der Waals surface area contributed by atoms with Crippen LogP contribution in [0.2, 0.25) is 0 Å². The molecule has 7 heteroatoms. The number of nitrogens with one attached hydrogen (secondary N) is 1. The van der Waals surface area contributed by atoms with Gasteiger partial charge in [-0.3, -0.25) is 4.79 Å². The van der Waals surface area contributed by atoms with Crippen molar-refractivity contribution in [2.75, 3.05) is 19.5 Å². The van der Waals surface area contributed by atoms with Gasteiger partial charge in [0.15, 0.2) is 6.10 Å². The molecule has 2 rings (SSSR count). The maximum atomic E-state index is 13.2. The van der Waals surface area contributed by atoms with Crippen molar-refractivity contribution >= 4 is 17.6 Å². The molecule has 6 nitrogen and oxygen atoms in total. The summed E-state index contributed by atoms with van der Waals surface area (Å²) in [6.07, 6.45) is -1.09. The molecule has 0 bridgehead atoms. The molecule has 0 saturated carbocycles. The van der Waals surface area contributed by atoms with Crippen molar-refractivity contribution in [3.05, 3.63) is 53.8 Å². The molecule has 0 radical (unpaired) electrons. The first kappa shape index (κ1) is 18.3. The van der Waals surface area contributed by atoms with Gasteiger partial charge in [-0.1, -0.05) is 6.07 Å². The second-order valence-corrected chi connectivity index (χ2v) is 5.11. The summed E-state index contributed by atoms with van der Waals surface area (Å²) in [5.74, 6) is -0.956. The van der Waals surface area contributed by atoms with Gasteiger partial charge in [0.2, 0.25) is 0 Å². The van der Waals surface area contributed by atoms with E-state index in [4.69, 9.17) is 14.2 Å². The molecule has 0 saturated heterocycles. The second-order valence-electron chi connectivity index (χ2n) is 5.11. The van der Waals surface area contributed by atoms with Crippen LogP contribution in [0, 0.1) is 5.82 Å². The number of ether oxygens (including phenoxy) is 3. The van der Waals surface area contributed by atoms with Gasteiger partial charge in [0.1, 0.15) is 17.3 Å². The molecule has 0 heterocycles. The summed E-state index contributed by atoms with van der Waals surface area (Å²) >= 11 is 0. The molecule has 0 aliphatic heterocycles. The number of carbonyl (C=O) groups excluding carboxylic acids is 2. The largest absolute Gasteiger partial charge is 0.497 e. The molecule has 1 N–H and O–H groups in total. The highest BCUT2D eigenvalue weighted by molar-refractivity contribution is 5.98. The van der Waals surface area contributed by atoms with Crippen LogP contribution in [0.1, 0.15) is 17.3 Å². The van der Waals surface area contributed by atoms with E-state index >= 15 is 0 Å². The molecular weight excluding hydrogens is 329 g/mol. The van der Waals surface area contributed by atoms with Crippen molar-refractivity contribution in [3.63, 3.8) is 0 Å². The van der Waals surface area contributed by atoms with Gasteiger partial charge in [-0.2, -0.15) is 0 Å². The Hall–Kier alpha value is -3.09. The lowest BCUT2D eigenvalue weighted by Crippen LogP contribution is -2.30. The number of benzene rings is 2. The normalized spacial score (nSPS) is 11.4. The topological polar surface area (TPSA) is 73.9 Å². The molecule has 1 atom stereocenters. The minimum atomic E-state index is -1.09. The maximum Gasteiger partial charge on any atom is 0.339 e. The van der Waals surface area contributed by atoms with Crippen molar-refractivity contribution in [2.24, 2.45) is 0 Å². The monoisotopic (exact) mass is 347 g/mol. The third-order valence-electron chi connectivity index (χ3n) is 3.38. The van der Waals surface area contributed by atoms with Crippen molar-refractivity contribution in [2.45, 2.75) is 13.0 Å². The lowest BCUT2D eigenvalue weighted by Gasteiger charge is -2.16. The molecule has 0 fully saturated rings.